The molecule has 1 aliphatic heterocycles. The molecule has 11 heteroatoms. The number of esters is 2. The number of nitro groups is 1. The van der Waals surface area contributed by atoms with Crippen molar-refractivity contribution in [2.75, 3.05) is 7.11 Å². The van der Waals surface area contributed by atoms with Gasteiger partial charge in [-0.25, -0.2) is 9.79 Å². The van der Waals surface area contributed by atoms with Crippen LogP contribution in [0.4, 0.5) is 5.69 Å². The van der Waals surface area contributed by atoms with Gasteiger partial charge in [0, 0.05) is 18.1 Å². The van der Waals surface area contributed by atoms with Crippen LogP contribution in [0.3, 0.4) is 0 Å². The monoisotopic (exact) mass is 508 g/mol. The highest BCUT2D eigenvalue weighted by Gasteiger charge is 2.26. The summed E-state index contributed by atoms with van der Waals surface area (Å²) in [6.45, 7) is 1.66. The van der Waals surface area contributed by atoms with Gasteiger partial charge in [0.15, 0.2) is 17.2 Å². The number of hydrogen-bond donors (Lipinski definition) is 0. The van der Waals surface area contributed by atoms with Crippen LogP contribution in [0, 0.1) is 10.1 Å². The molecule has 2 aromatic carbocycles. The summed E-state index contributed by atoms with van der Waals surface area (Å²) in [5, 5.41) is 11.0. The Morgan fingerprint density at radius 3 is 2.74 bits per heavy atom. The van der Waals surface area contributed by atoms with E-state index >= 15 is 0 Å². The smallest absolute Gasteiger partial charge is 0.363 e. The summed E-state index contributed by atoms with van der Waals surface area (Å²) in [4.78, 5) is 38.5. The Hall–Kier alpha value is -3.24. The molecule has 0 amide bonds. The number of methoxy groups -OCH3 is 1. The van der Waals surface area contributed by atoms with Crippen LogP contribution in [-0.4, -0.2) is 29.9 Å². The summed E-state index contributed by atoms with van der Waals surface area (Å²) in [7, 11) is 1.41. The molecule has 160 valence electrons. The molecule has 1 aliphatic rings. The standard InChI is InChI=1S/C20H14BrClN2O7/c1-3-17(25)30-18-12(21)6-10(8-16(18)29-2)7-14-20(26)31-19(23-14)11-4-5-13(22)15(9-11)24(27)28/h4-9H,3H2,1-2H3/b14-7-. The number of aliphatic imine (C=N–C) groups is 1. The maximum absolute atomic E-state index is 12.3. The Balaban J connectivity index is 1.97. The number of nitro benzene ring substituents is 1. The highest BCUT2D eigenvalue weighted by molar-refractivity contribution is 9.10. The third kappa shape index (κ3) is 4.92. The molecule has 0 bridgehead atoms. The third-order valence-electron chi connectivity index (χ3n) is 4.07. The molecule has 0 radical (unpaired) electrons. The lowest BCUT2D eigenvalue weighted by molar-refractivity contribution is -0.384. The van der Waals surface area contributed by atoms with Crippen LogP contribution in [0.5, 0.6) is 11.5 Å². The van der Waals surface area contributed by atoms with Gasteiger partial charge in [-0.1, -0.05) is 18.5 Å². The van der Waals surface area contributed by atoms with E-state index in [2.05, 4.69) is 20.9 Å². The van der Waals surface area contributed by atoms with E-state index in [9.17, 15) is 19.7 Å². The topological polar surface area (TPSA) is 117 Å². The second-order valence-electron chi connectivity index (χ2n) is 6.12. The van der Waals surface area contributed by atoms with Gasteiger partial charge in [0.25, 0.3) is 5.69 Å². The van der Waals surface area contributed by atoms with Crippen LogP contribution in [0.1, 0.15) is 24.5 Å². The van der Waals surface area contributed by atoms with Gasteiger partial charge in [0.05, 0.1) is 16.5 Å². The summed E-state index contributed by atoms with van der Waals surface area (Å²) < 4.78 is 16.1. The minimum Gasteiger partial charge on any atom is -0.493 e. The zero-order valence-corrected chi connectivity index (χ0v) is 18.5. The highest BCUT2D eigenvalue weighted by Crippen LogP contribution is 2.38. The minimum absolute atomic E-state index is 0.0279. The SMILES string of the molecule is CCC(=O)Oc1c(Br)cc(/C=C2\N=C(c3ccc(Cl)c([N+](=O)[O-])c3)OC2=O)cc1OC. The summed E-state index contributed by atoms with van der Waals surface area (Å²) >= 11 is 9.13. The predicted molar refractivity (Wildman–Crippen MR) is 115 cm³/mol. The molecule has 31 heavy (non-hydrogen) atoms. The van der Waals surface area contributed by atoms with Gasteiger partial charge in [0.1, 0.15) is 5.02 Å². The van der Waals surface area contributed by atoms with Crippen molar-refractivity contribution in [3.63, 3.8) is 0 Å². The van der Waals surface area contributed by atoms with Gasteiger partial charge in [-0.3, -0.25) is 14.9 Å². The zero-order valence-electron chi connectivity index (χ0n) is 16.2. The molecule has 0 unspecified atom stereocenters. The van der Waals surface area contributed by atoms with E-state index in [0.717, 1.165) is 0 Å². The van der Waals surface area contributed by atoms with E-state index in [1.54, 1.807) is 19.1 Å². The number of cyclic esters (lactones) is 1. The number of nitrogens with zero attached hydrogens (tertiary/aromatic N) is 2. The summed E-state index contributed by atoms with van der Waals surface area (Å²) in [6, 6.07) is 7.13. The highest BCUT2D eigenvalue weighted by atomic mass is 79.9. The molecule has 1 heterocycles. The van der Waals surface area contributed by atoms with Gasteiger partial charge in [-0.15, -0.1) is 0 Å². The van der Waals surface area contributed by atoms with Crippen molar-refractivity contribution < 1.29 is 28.7 Å². The lowest BCUT2D eigenvalue weighted by Crippen LogP contribution is -2.07. The zero-order chi connectivity index (χ0) is 22.7. The first-order chi connectivity index (χ1) is 14.7. The first-order valence-corrected chi connectivity index (χ1v) is 9.95. The fourth-order valence-electron chi connectivity index (χ4n) is 2.58. The fourth-order valence-corrected chi connectivity index (χ4v) is 3.31. The minimum atomic E-state index is -0.732. The molecular formula is C20H14BrClN2O7. The van der Waals surface area contributed by atoms with Crippen LogP contribution in [0.15, 0.2) is 45.5 Å². The molecule has 0 fully saturated rings. The summed E-state index contributed by atoms with van der Waals surface area (Å²) in [5.41, 5.74) is 0.383. The van der Waals surface area contributed by atoms with E-state index in [1.165, 1.54) is 31.4 Å². The Bertz CT molecular complexity index is 1160. The largest absolute Gasteiger partial charge is 0.493 e. The Morgan fingerprint density at radius 2 is 2.10 bits per heavy atom. The van der Waals surface area contributed by atoms with E-state index in [0.29, 0.717) is 10.0 Å². The molecular weight excluding hydrogens is 496 g/mol. The Kier molecular flexibility index (Phi) is 6.71. The molecule has 3 rings (SSSR count). The van der Waals surface area contributed by atoms with E-state index in [-0.39, 0.29) is 45.8 Å². The van der Waals surface area contributed by atoms with Crippen molar-refractivity contribution in [1.82, 2.24) is 0 Å². The van der Waals surface area contributed by atoms with Gasteiger partial charge in [-0.05, 0) is 51.8 Å². The summed E-state index contributed by atoms with van der Waals surface area (Å²) in [5.74, 6) is -0.773. The van der Waals surface area contributed by atoms with Gasteiger partial charge < -0.3 is 14.2 Å². The maximum Gasteiger partial charge on any atom is 0.363 e. The van der Waals surface area contributed by atoms with E-state index in [1.807, 2.05) is 0 Å². The van der Waals surface area contributed by atoms with E-state index < -0.39 is 16.9 Å². The number of hydrogen-bond acceptors (Lipinski definition) is 8. The van der Waals surface area contributed by atoms with Crippen LogP contribution in [0.2, 0.25) is 5.02 Å². The maximum atomic E-state index is 12.3. The number of carbonyl (C=O) groups excluding carboxylic acids is 2. The average Bonchev–Trinajstić information content (AvgIpc) is 3.09. The van der Waals surface area contributed by atoms with Crippen molar-refractivity contribution in [3.05, 3.63) is 66.8 Å². The second-order valence-corrected chi connectivity index (χ2v) is 7.38. The number of halogens is 2. The van der Waals surface area contributed by atoms with Crippen molar-refractivity contribution in [2.45, 2.75) is 13.3 Å². The first-order valence-electron chi connectivity index (χ1n) is 8.78. The molecule has 0 saturated carbocycles. The average molecular weight is 510 g/mol. The van der Waals surface area contributed by atoms with Crippen LogP contribution < -0.4 is 9.47 Å². The molecule has 0 aliphatic carbocycles. The molecule has 9 nitrogen and oxygen atoms in total. The normalized spacial score (nSPS) is 14.3. The molecule has 0 spiro atoms. The number of benzene rings is 2. The van der Waals surface area contributed by atoms with Gasteiger partial charge in [0.2, 0.25) is 5.90 Å². The van der Waals surface area contributed by atoms with E-state index in [4.69, 9.17) is 25.8 Å². The van der Waals surface area contributed by atoms with Crippen molar-refractivity contribution in [1.29, 1.82) is 0 Å². The molecule has 0 saturated heterocycles. The van der Waals surface area contributed by atoms with Gasteiger partial charge in [-0.2, -0.15) is 0 Å². The molecule has 0 N–H and O–H groups in total. The van der Waals surface area contributed by atoms with Crippen LogP contribution in [-0.2, 0) is 14.3 Å². The molecule has 0 aromatic heterocycles. The fraction of sp³-hybridized carbons (Fsp3) is 0.150. The predicted octanol–water partition coefficient (Wildman–Crippen LogP) is 4.68. The number of ether oxygens (including phenoxy) is 3. The van der Waals surface area contributed by atoms with Crippen LogP contribution in [0.25, 0.3) is 6.08 Å². The molecule has 0 atom stereocenters. The Morgan fingerprint density at radius 1 is 1.35 bits per heavy atom. The van der Waals surface area contributed by atoms with Crippen molar-refractivity contribution in [3.8, 4) is 11.5 Å². The quantitative estimate of drug-likeness (QED) is 0.182. The Labute approximate surface area is 189 Å². The summed E-state index contributed by atoms with van der Waals surface area (Å²) in [6.07, 6.45) is 1.63. The second kappa shape index (κ2) is 9.27. The number of rotatable bonds is 6. The molecule has 2 aromatic rings. The van der Waals surface area contributed by atoms with Crippen LogP contribution >= 0.6 is 27.5 Å². The lowest BCUT2D eigenvalue weighted by Gasteiger charge is -2.11. The van der Waals surface area contributed by atoms with Gasteiger partial charge >= 0.3 is 11.9 Å². The first kappa shape index (κ1) is 22.4. The van der Waals surface area contributed by atoms with Crippen molar-refractivity contribution >= 4 is 57.1 Å². The third-order valence-corrected chi connectivity index (χ3v) is 4.98. The number of carbonyl (C=O) groups is 2. The lowest BCUT2D eigenvalue weighted by atomic mass is 10.1. The van der Waals surface area contributed by atoms with Crippen molar-refractivity contribution in [2.24, 2.45) is 4.99 Å².